The van der Waals surface area contributed by atoms with Crippen molar-refractivity contribution >= 4 is 17.3 Å². The van der Waals surface area contributed by atoms with Crippen LogP contribution in [0.5, 0.6) is 5.75 Å². The molecule has 148 valence electrons. The Morgan fingerprint density at radius 1 is 1.19 bits per heavy atom. The molecule has 0 saturated heterocycles. The van der Waals surface area contributed by atoms with Crippen molar-refractivity contribution in [2.75, 3.05) is 13.2 Å². The van der Waals surface area contributed by atoms with E-state index in [1.165, 1.54) is 12.1 Å². The van der Waals surface area contributed by atoms with Crippen LogP contribution in [0.15, 0.2) is 34.6 Å². The fourth-order valence-corrected chi connectivity index (χ4v) is 2.88. The highest BCUT2D eigenvalue weighted by atomic mass is 32.1. The number of thiazole rings is 1. The van der Waals surface area contributed by atoms with E-state index in [4.69, 9.17) is 4.74 Å². The van der Waals surface area contributed by atoms with Crippen molar-refractivity contribution in [2.45, 2.75) is 39.5 Å². The summed E-state index contributed by atoms with van der Waals surface area (Å²) >= 11 is 1.64. The number of alkyl halides is 3. The number of aromatic nitrogens is 1. The SMILES string of the molecule is CCNC(=NCc1ccc(OCC(F)(F)F)cc1)NCc1csc(CC)n1. The maximum Gasteiger partial charge on any atom is 0.422 e. The highest BCUT2D eigenvalue weighted by Crippen LogP contribution is 2.19. The molecule has 0 bridgehead atoms. The Labute approximate surface area is 160 Å². The van der Waals surface area contributed by atoms with Crippen molar-refractivity contribution in [2.24, 2.45) is 4.99 Å². The largest absolute Gasteiger partial charge is 0.484 e. The highest BCUT2D eigenvalue weighted by molar-refractivity contribution is 7.09. The van der Waals surface area contributed by atoms with Gasteiger partial charge in [0.05, 0.1) is 23.8 Å². The van der Waals surface area contributed by atoms with Crippen LogP contribution in [-0.2, 0) is 19.5 Å². The lowest BCUT2D eigenvalue weighted by atomic mass is 10.2. The van der Waals surface area contributed by atoms with Crippen LogP contribution in [0.2, 0.25) is 0 Å². The molecule has 27 heavy (non-hydrogen) atoms. The summed E-state index contributed by atoms with van der Waals surface area (Å²) in [6.07, 6.45) is -3.42. The average molecular weight is 400 g/mol. The number of aryl methyl sites for hydroxylation is 1. The van der Waals surface area contributed by atoms with Gasteiger partial charge in [0.15, 0.2) is 12.6 Å². The van der Waals surface area contributed by atoms with E-state index in [0.717, 1.165) is 22.7 Å². The van der Waals surface area contributed by atoms with E-state index in [9.17, 15) is 13.2 Å². The Morgan fingerprint density at radius 2 is 1.93 bits per heavy atom. The third-order valence-electron chi connectivity index (χ3n) is 3.43. The molecular formula is C18H23F3N4OS. The number of hydrogen-bond acceptors (Lipinski definition) is 4. The third kappa shape index (κ3) is 7.86. The second-order valence-corrected chi connectivity index (χ2v) is 6.63. The Morgan fingerprint density at radius 3 is 2.52 bits per heavy atom. The van der Waals surface area contributed by atoms with Crippen LogP contribution < -0.4 is 15.4 Å². The summed E-state index contributed by atoms with van der Waals surface area (Å²) in [6, 6.07) is 6.43. The number of ether oxygens (including phenoxy) is 1. The fraction of sp³-hybridized carbons (Fsp3) is 0.444. The lowest BCUT2D eigenvalue weighted by Gasteiger charge is -2.11. The van der Waals surface area contributed by atoms with Gasteiger partial charge in [0.2, 0.25) is 0 Å². The molecule has 0 amide bonds. The van der Waals surface area contributed by atoms with Crippen molar-refractivity contribution < 1.29 is 17.9 Å². The molecule has 0 aliphatic heterocycles. The Bertz CT molecular complexity index is 729. The molecule has 0 aliphatic carbocycles. The van der Waals surface area contributed by atoms with Crippen molar-refractivity contribution in [3.63, 3.8) is 0 Å². The highest BCUT2D eigenvalue weighted by Gasteiger charge is 2.28. The van der Waals surface area contributed by atoms with Gasteiger partial charge in [-0.25, -0.2) is 9.98 Å². The molecule has 2 aromatic rings. The molecule has 0 aliphatic rings. The van der Waals surface area contributed by atoms with Crippen molar-refractivity contribution in [3.8, 4) is 5.75 Å². The second kappa shape index (κ2) is 10.1. The predicted molar refractivity (Wildman–Crippen MR) is 101 cm³/mol. The molecule has 0 unspecified atom stereocenters. The van der Waals surface area contributed by atoms with Gasteiger partial charge >= 0.3 is 6.18 Å². The number of hydrogen-bond donors (Lipinski definition) is 2. The topological polar surface area (TPSA) is 58.5 Å². The van der Waals surface area contributed by atoms with Gasteiger partial charge < -0.3 is 15.4 Å². The van der Waals surface area contributed by atoms with E-state index in [1.807, 2.05) is 12.3 Å². The normalized spacial score (nSPS) is 12.1. The van der Waals surface area contributed by atoms with Gasteiger partial charge in [-0.1, -0.05) is 19.1 Å². The van der Waals surface area contributed by atoms with Gasteiger partial charge in [-0.05, 0) is 31.0 Å². The van der Waals surface area contributed by atoms with E-state index >= 15 is 0 Å². The van der Waals surface area contributed by atoms with Crippen molar-refractivity contribution in [3.05, 3.63) is 45.9 Å². The van der Waals surface area contributed by atoms with Crippen LogP contribution >= 0.6 is 11.3 Å². The number of nitrogens with one attached hydrogen (secondary N) is 2. The van der Waals surface area contributed by atoms with Gasteiger partial charge in [0.25, 0.3) is 0 Å². The zero-order valence-corrected chi connectivity index (χ0v) is 16.1. The number of nitrogens with zero attached hydrogens (tertiary/aromatic N) is 2. The first-order valence-electron chi connectivity index (χ1n) is 8.63. The molecule has 0 atom stereocenters. The second-order valence-electron chi connectivity index (χ2n) is 5.68. The first-order valence-corrected chi connectivity index (χ1v) is 9.51. The molecule has 0 fully saturated rings. The molecule has 2 rings (SSSR count). The smallest absolute Gasteiger partial charge is 0.422 e. The summed E-state index contributed by atoms with van der Waals surface area (Å²) in [6.45, 7) is 4.43. The minimum absolute atomic E-state index is 0.181. The number of rotatable bonds is 8. The van der Waals surface area contributed by atoms with Crippen LogP contribution in [0.1, 0.15) is 30.1 Å². The third-order valence-corrected chi connectivity index (χ3v) is 4.47. The quantitative estimate of drug-likeness (QED) is 0.521. The number of halogens is 3. The van der Waals surface area contributed by atoms with Gasteiger partial charge in [-0.15, -0.1) is 11.3 Å². The summed E-state index contributed by atoms with van der Waals surface area (Å²) in [5.74, 6) is 0.835. The lowest BCUT2D eigenvalue weighted by Crippen LogP contribution is -2.36. The standard InChI is InChI=1S/C18H23F3N4OS/c1-3-16-25-14(11-27-16)10-24-17(22-4-2)23-9-13-5-7-15(8-6-13)26-12-18(19,20)21/h5-8,11H,3-4,9-10,12H2,1-2H3,(H2,22,23,24). The minimum atomic E-state index is -4.34. The molecule has 0 spiro atoms. The van der Waals surface area contributed by atoms with Crippen LogP contribution in [0.25, 0.3) is 0 Å². The number of guanidine groups is 1. The number of aliphatic imine (C=N–C) groups is 1. The molecule has 0 radical (unpaired) electrons. The summed E-state index contributed by atoms with van der Waals surface area (Å²) < 4.78 is 41.2. The van der Waals surface area contributed by atoms with Gasteiger partial charge in [0, 0.05) is 11.9 Å². The van der Waals surface area contributed by atoms with E-state index < -0.39 is 12.8 Å². The van der Waals surface area contributed by atoms with E-state index in [2.05, 4.69) is 27.5 Å². The van der Waals surface area contributed by atoms with Crippen LogP contribution in [0, 0.1) is 0 Å². The first kappa shape index (κ1) is 21.0. The van der Waals surface area contributed by atoms with Crippen LogP contribution in [-0.4, -0.2) is 30.3 Å². The number of benzene rings is 1. The Kier molecular flexibility index (Phi) is 7.90. The molecular weight excluding hydrogens is 377 g/mol. The minimum Gasteiger partial charge on any atom is -0.484 e. The summed E-state index contributed by atoms with van der Waals surface area (Å²) in [4.78, 5) is 8.99. The average Bonchev–Trinajstić information content (AvgIpc) is 3.10. The van der Waals surface area contributed by atoms with Crippen molar-refractivity contribution in [1.29, 1.82) is 0 Å². The summed E-state index contributed by atoms with van der Waals surface area (Å²) in [5, 5.41) is 9.50. The molecule has 2 N–H and O–H groups in total. The fourth-order valence-electron chi connectivity index (χ4n) is 2.14. The first-order chi connectivity index (χ1) is 12.9. The Hall–Kier alpha value is -2.29. The van der Waals surface area contributed by atoms with Gasteiger partial charge in [0.1, 0.15) is 5.75 Å². The van der Waals surface area contributed by atoms with Crippen molar-refractivity contribution in [1.82, 2.24) is 15.6 Å². The van der Waals surface area contributed by atoms with E-state index in [1.54, 1.807) is 23.5 Å². The zero-order chi connectivity index (χ0) is 19.7. The monoisotopic (exact) mass is 400 g/mol. The summed E-state index contributed by atoms with van der Waals surface area (Å²) in [7, 11) is 0. The maximum atomic E-state index is 12.2. The molecule has 5 nitrogen and oxygen atoms in total. The van der Waals surface area contributed by atoms with Crippen LogP contribution in [0.3, 0.4) is 0 Å². The van der Waals surface area contributed by atoms with E-state index in [-0.39, 0.29) is 5.75 Å². The van der Waals surface area contributed by atoms with E-state index in [0.29, 0.717) is 25.6 Å². The van der Waals surface area contributed by atoms with Gasteiger partial charge in [-0.2, -0.15) is 13.2 Å². The summed E-state index contributed by atoms with van der Waals surface area (Å²) in [5.41, 5.74) is 1.84. The predicted octanol–water partition coefficient (Wildman–Crippen LogP) is 3.90. The molecule has 0 saturated carbocycles. The zero-order valence-electron chi connectivity index (χ0n) is 15.3. The molecule has 1 aromatic heterocycles. The molecule has 9 heteroatoms. The Balaban J connectivity index is 1.89. The maximum absolute atomic E-state index is 12.2. The molecule has 1 aromatic carbocycles. The lowest BCUT2D eigenvalue weighted by molar-refractivity contribution is -0.153. The van der Waals surface area contributed by atoms with Crippen LogP contribution in [0.4, 0.5) is 13.2 Å². The van der Waals surface area contributed by atoms with Gasteiger partial charge in [-0.3, -0.25) is 0 Å². The molecule has 1 heterocycles.